The Hall–Kier alpha value is -1.69. The van der Waals surface area contributed by atoms with Gasteiger partial charge in [0.05, 0.1) is 12.2 Å². The van der Waals surface area contributed by atoms with Crippen molar-refractivity contribution in [2.24, 2.45) is 5.73 Å². The molecule has 0 bridgehead atoms. The number of likely N-dealkylation sites (N-methyl/N-ethyl adjacent to an activating group) is 1. The lowest BCUT2D eigenvalue weighted by atomic mass is 10.3. The molecule has 2 heterocycles. The topological polar surface area (TPSA) is 62.5 Å². The maximum absolute atomic E-state index is 12.1. The summed E-state index contributed by atoms with van der Waals surface area (Å²) in [6, 6.07) is 3.65. The minimum atomic E-state index is 0.161. The highest BCUT2D eigenvalue weighted by molar-refractivity contribution is 7.80. The van der Waals surface area contributed by atoms with E-state index < -0.39 is 0 Å². The molecule has 19 heavy (non-hydrogen) atoms. The Labute approximate surface area is 118 Å². The average molecular weight is 278 g/mol. The third-order valence-corrected chi connectivity index (χ3v) is 3.48. The van der Waals surface area contributed by atoms with Crippen LogP contribution in [0.25, 0.3) is 0 Å². The number of carbonyl (C=O) groups is 1. The van der Waals surface area contributed by atoms with Crippen LogP contribution in [0.2, 0.25) is 0 Å². The summed E-state index contributed by atoms with van der Waals surface area (Å²) in [6.07, 6.45) is 3.87. The molecule has 0 aromatic carbocycles. The highest BCUT2D eigenvalue weighted by Gasteiger charge is 2.19. The average Bonchev–Trinajstić information content (AvgIpc) is 2.92. The monoisotopic (exact) mass is 278 g/mol. The quantitative estimate of drug-likeness (QED) is 0.825. The summed E-state index contributed by atoms with van der Waals surface area (Å²) in [5, 5.41) is 0. The van der Waals surface area contributed by atoms with E-state index in [0.29, 0.717) is 12.2 Å². The molecule has 0 saturated carbocycles. The number of thiocarbonyl (C=S) groups is 1. The van der Waals surface area contributed by atoms with E-state index in [2.05, 4.69) is 4.98 Å². The van der Waals surface area contributed by atoms with Crippen molar-refractivity contribution in [1.82, 2.24) is 9.88 Å². The summed E-state index contributed by atoms with van der Waals surface area (Å²) in [5.74, 6) is 0.161. The smallest absolute Gasteiger partial charge is 0.242 e. The molecule has 1 aromatic heterocycles. The van der Waals surface area contributed by atoms with E-state index in [9.17, 15) is 4.79 Å². The SMILES string of the molecule is CN(CC(=O)N1CCCC1)c1ccnc(C(N)=S)c1. The van der Waals surface area contributed by atoms with Crippen molar-refractivity contribution in [2.45, 2.75) is 12.8 Å². The fourth-order valence-electron chi connectivity index (χ4n) is 2.15. The van der Waals surface area contributed by atoms with Crippen LogP contribution in [0.1, 0.15) is 18.5 Å². The number of hydrogen-bond donors (Lipinski definition) is 1. The van der Waals surface area contributed by atoms with Gasteiger partial charge in [0.25, 0.3) is 0 Å². The van der Waals surface area contributed by atoms with E-state index in [4.69, 9.17) is 18.0 Å². The summed E-state index contributed by atoms with van der Waals surface area (Å²) in [6.45, 7) is 2.11. The first-order valence-electron chi connectivity index (χ1n) is 6.32. The Morgan fingerprint density at radius 1 is 1.53 bits per heavy atom. The predicted molar refractivity (Wildman–Crippen MR) is 79.2 cm³/mol. The zero-order valence-electron chi connectivity index (χ0n) is 11.0. The lowest BCUT2D eigenvalue weighted by Gasteiger charge is -2.23. The number of nitrogens with zero attached hydrogens (tertiary/aromatic N) is 3. The Morgan fingerprint density at radius 2 is 2.21 bits per heavy atom. The Kier molecular flexibility index (Phi) is 4.31. The van der Waals surface area contributed by atoms with Crippen molar-refractivity contribution >= 4 is 28.8 Å². The molecule has 102 valence electrons. The minimum Gasteiger partial charge on any atom is -0.388 e. The molecule has 2 rings (SSSR count). The number of hydrogen-bond acceptors (Lipinski definition) is 4. The van der Waals surface area contributed by atoms with Gasteiger partial charge in [0.1, 0.15) is 4.99 Å². The molecule has 5 nitrogen and oxygen atoms in total. The van der Waals surface area contributed by atoms with Crippen molar-refractivity contribution < 1.29 is 4.79 Å². The number of amides is 1. The second-order valence-corrected chi connectivity index (χ2v) is 5.15. The molecule has 1 fully saturated rings. The molecular formula is C13H18N4OS. The Morgan fingerprint density at radius 3 is 2.84 bits per heavy atom. The second-order valence-electron chi connectivity index (χ2n) is 4.71. The zero-order chi connectivity index (χ0) is 13.8. The lowest BCUT2D eigenvalue weighted by Crippen LogP contribution is -2.37. The van der Waals surface area contributed by atoms with Gasteiger partial charge in [0, 0.05) is 32.0 Å². The maximum atomic E-state index is 12.1. The summed E-state index contributed by atoms with van der Waals surface area (Å²) in [7, 11) is 1.88. The number of nitrogens with two attached hydrogens (primary N) is 1. The first-order valence-corrected chi connectivity index (χ1v) is 6.73. The summed E-state index contributed by atoms with van der Waals surface area (Å²) < 4.78 is 0. The van der Waals surface area contributed by atoms with E-state index in [1.54, 1.807) is 12.3 Å². The van der Waals surface area contributed by atoms with Crippen LogP contribution in [0.5, 0.6) is 0 Å². The Balaban J connectivity index is 2.02. The molecule has 6 heteroatoms. The van der Waals surface area contributed by atoms with Crippen LogP contribution in [0.4, 0.5) is 5.69 Å². The second kappa shape index (κ2) is 5.97. The van der Waals surface area contributed by atoms with E-state index in [1.807, 2.05) is 22.9 Å². The molecule has 1 amide bonds. The molecule has 1 saturated heterocycles. The summed E-state index contributed by atoms with van der Waals surface area (Å²) in [5.41, 5.74) is 7.03. The molecule has 0 unspecified atom stereocenters. The first kappa shape index (κ1) is 13.7. The van der Waals surface area contributed by atoms with E-state index in [-0.39, 0.29) is 10.9 Å². The van der Waals surface area contributed by atoms with Gasteiger partial charge < -0.3 is 15.5 Å². The van der Waals surface area contributed by atoms with Gasteiger partial charge in [-0.3, -0.25) is 9.78 Å². The van der Waals surface area contributed by atoms with Crippen molar-refractivity contribution in [1.29, 1.82) is 0 Å². The maximum Gasteiger partial charge on any atom is 0.242 e. The van der Waals surface area contributed by atoms with Gasteiger partial charge >= 0.3 is 0 Å². The summed E-state index contributed by atoms with van der Waals surface area (Å²) in [4.78, 5) is 20.2. The van der Waals surface area contributed by atoms with E-state index in [1.165, 1.54) is 0 Å². The van der Waals surface area contributed by atoms with Gasteiger partial charge in [-0.2, -0.15) is 0 Å². The zero-order valence-corrected chi connectivity index (χ0v) is 11.8. The molecule has 0 spiro atoms. The molecule has 2 N–H and O–H groups in total. The fraction of sp³-hybridized carbons (Fsp3) is 0.462. The van der Waals surface area contributed by atoms with E-state index >= 15 is 0 Å². The third-order valence-electron chi connectivity index (χ3n) is 3.27. The highest BCUT2D eigenvalue weighted by Crippen LogP contribution is 2.14. The van der Waals surface area contributed by atoms with Gasteiger partial charge in [-0.05, 0) is 25.0 Å². The molecule has 1 aliphatic rings. The van der Waals surface area contributed by atoms with Crippen LogP contribution in [0.3, 0.4) is 0 Å². The van der Waals surface area contributed by atoms with Crippen LogP contribution in [0.15, 0.2) is 18.3 Å². The predicted octanol–water partition coefficient (Wildman–Crippen LogP) is 0.774. The van der Waals surface area contributed by atoms with Crippen molar-refractivity contribution in [2.75, 3.05) is 31.6 Å². The third kappa shape index (κ3) is 3.41. The van der Waals surface area contributed by atoms with Gasteiger partial charge in [-0.25, -0.2) is 0 Å². The van der Waals surface area contributed by atoms with Crippen LogP contribution < -0.4 is 10.6 Å². The van der Waals surface area contributed by atoms with Crippen molar-refractivity contribution in [3.63, 3.8) is 0 Å². The van der Waals surface area contributed by atoms with Gasteiger partial charge in [0.2, 0.25) is 5.91 Å². The minimum absolute atomic E-state index is 0.161. The molecule has 1 aromatic rings. The number of rotatable bonds is 4. The normalized spacial score (nSPS) is 14.5. The van der Waals surface area contributed by atoms with Gasteiger partial charge in [-0.15, -0.1) is 0 Å². The molecule has 1 aliphatic heterocycles. The van der Waals surface area contributed by atoms with Gasteiger partial charge in [0.15, 0.2) is 0 Å². The van der Waals surface area contributed by atoms with Crippen molar-refractivity contribution in [3.8, 4) is 0 Å². The number of aromatic nitrogens is 1. The number of carbonyl (C=O) groups excluding carboxylic acids is 1. The van der Waals surface area contributed by atoms with Crippen LogP contribution >= 0.6 is 12.2 Å². The van der Waals surface area contributed by atoms with Crippen LogP contribution in [-0.4, -0.2) is 47.5 Å². The molecule has 0 radical (unpaired) electrons. The summed E-state index contributed by atoms with van der Waals surface area (Å²) >= 11 is 4.90. The standard InChI is InChI=1S/C13H18N4OS/c1-16(9-12(18)17-6-2-3-7-17)10-4-5-15-11(8-10)13(14)19/h4-5,8H,2-3,6-7,9H2,1H3,(H2,14,19). The van der Waals surface area contributed by atoms with Crippen LogP contribution in [0, 0.1) is 0 Å². The number of anilines is 1. The first-order chi connectivity index (χ1) is 9.08. The number of pyridine rings is 1. The largest absolute Gasteiger partial charge is 0.388 e. The highest BCUT2D eigenvalue weighted by atomic mass is 32.1. The van der Waals surface area contributed by atoms with Gasteiger partial charge in [-0.1, -0.05) is 12.2 Å². The Bertz CT molecular complexity index is 485. The number of likely N-dealkylation sites (tertiary alicyclic amines) is 1. The lowest BCUT2D eigenvalue weighted by molar-refractivity contribution is -0.128. The molecule has 0 atom stereocenters. The van der Waals surface area contributed by atoms with Crippen molar-refractivity contribution in [3.05, 3.63) is 24.0 Å². The van der Waals surface area contributed by atoms with Crippen LogP contribution in [-0.2, 0) is 4.79 Å². The molecular weight excluding hydrogens is 260 g/mol. The molecule has 0 aliphatic carbocycles. The van der Waals surface area contributed by atoms with E-state index in [0.717, 1.165) is 31.6 Å². The fourth-order valence-corrected chi connectivity index (χ4v) is 2.26.